The van der Waals surface area contributed by atoms with Crippen LogP contribution >= 0.6 is 0 Å². The molecule has 0 spiro atoms. The molecule has 3 nitrogen and oxygen atoms in total. The predicted octanol–water partition coefficient (Wildman–Crippen LogP) is -0.252. The molecule has 0 bridgehead atoms. The molecular formula is C9H7O3-. The standard InChI is InChI=1S/C9H8O3/c10-8-4-1-7(2-5-8)3-6-9(11)12/h1-5H,6H2,(H,11,12)/p-1. The Labute approximate surface area is 69.7 Å². The molecule has 0 amide bonds. The van der Waals surface area contributed by atoms with Gasteiger partial charge in [-0.2, -0.15) is 0 Å². The highest BCUT2D eigenvalue weighted by atomic mass is 16.4. The summed E-state index contributed by atoms with van der Waals surface area (Å²) in [6.45, 7) is 0. The van der Waals surface area contributed by atoms with E-state index in [9.17, 15) is 14.7 Å². The maximum absolute atomic E-state index is 10.6. The number of hydrogen-bond acceptors (Lipinski definition) is 3. The van der Waals surface area contributed by atoms with Crippen LogP contribution in [0, 0.1) is 0 Å². The van der Waals surface area contributed by atoms with Crippen molar-refractivity contribution in [1.29, 1.82) is 0 Å². The lowest BCUT2D eigenvalue weighted by Crippen LogP contribution is -2.20. The van der Waals surface area contributed by atoms with Gasteiger partial charge in [0.1, 0.15) is 0 Å². The highest BCUT2D eigenvalue weighted by Gasteiger charge is 1.96. The van der Waals surface area contributed by atoms with Gasteiger partial charge in [-0.25, -0.2) is 0 Å². The summed E-state index contributed by atoms with van der Waals surface area (Å²) in [4.78, 5) is 20.7. The first-order chi connectivity index (χ1) is 5.68. The number of carbonyl (C=O) groups excluding carboxylic acids is 2. The smallest absolute Gasteiger partial charge is 0.178 e. The fourth-order valence-electron chi connectivity index (χ4n) is 0.805. The molecule has 1 rings (SSSR count). The van der Waals surface area contributed by atoms with Gasteiger partial charge in [-0.15, -0.1) is 0 Å². The molecule has 0 heterocycles. The second-order valence-corrected chi connectivity index (χ2v) is 2.35. The Morgan fingerprint density at radius 2 is 1.92 bits per heavy atom. The van der Waals surface area contributed by atoms with Crippen molar-refractivity contribution < 1.29 is 14.7 Å². The monoisotopic (exact) mass is 163 g/mol. The highest BCUT2D eigenvalue weighted by molar-refractivity contribution is 6.01. The summed E-state index contributed by atoms with van der Waals surface area (Å²) < 4.78 is 0. The van der Waals surface area contributed by atoms with Crippen LogP contribution in [0.4, 0.5) is 0 Å². The first-order valence-corrected chi connectivity index (χ1v) is 3.48. The minimum atomic E-state index is -1.12. The molecular weight excluding hydrogens is 156 g/mol. The molecule has 0 saturated heterocycles. The van der Waals surface area contributed by atoms with Crippen LogP contribution in [0.5, 0.6) is 0 Å². The molecule has 0 atom stereocenters. The van der Waals surface area contributed by atoms with Gasteiger partial charge in [0.05, 0.1) is 0 Å². The van der Waals surface area contributed by atoms with Crippen molar-refractivity contribution in [2.45, 2.75) is 6.42 Å². The minimum absolute atomic E-state index is 0.0828. The first-order valence-electron chi connectivity index (χ1n) is 3.48. The molecule has 0 fully saturated rings. The van der Waals surface area contributed by atoms with E-state index in [0.29, 0.717) is 0 Å². The van der Waals surface area contributed by atoms with Gasteiger partial charge in [-0.3, -0.25) is 4.79 Å². The van der Waals surface area contributed by atoms with E-state index in [0.717, 1.165) is 5.57 Å². The summed E-state index contributed by atoms with van der Waals surface area (Å²) >= 11 is 0. The lowest BCUT2D eigenvalue weighted by Gasteiger charge is -1.99. The molecule has 0 radical (unpaired) electrons. The summed E-state index contributed by atoms with van der Waals surface area (Å²) in [7, 11) is 0. The number of ketones is 1. The normalized spacial score (nSPS) is 15.0. The van der Waals surface area contributed by atoms with Crippen molar-refractivity contribution in [3.05, 3.63) is 36.0 Å². The average Bonchev–Trinajstić information content (AvgIpc) is 2.03. The number of carbonyl (C=O) groups is 2. The van der Waals surface area contributed by atoms with Crippen molar-refractivity contribution in [3.63, 3.8) is 0 Å². The third-order valence-electron chi connectivity index (χ3n) is 1.38. The molecule has 12 heavy (non-hydrogen) atoms. The molecule has 0 aromatic rings. The van der Waals surface area contributed by atoms with Crippen molar-refractivity contribution in [2.75, 3.05) is 0 Å². The zero-order valence-corrected chi connectivity index (χ0v) is 6.32. The third-order valence-corrected chi connectivity index (χ3v) is 1.38. The number of aliphatic carboxylic acids is 1. The van der Waals surface area contributed by atoms with Crippen LogP contribution in [0.1, 0.15) is 6.42 Å². The predicted molar refractivity (Wildman–Crippen MR) is 41.0 cm³/mol. The Morgan fingerprint density at radius 1 is 1.33 bits per heavy atom. The lowest BCUT2D eigenvalue weighted by atomic mass is 10.1. The third kappa shape index (κ3) is 2.54. The highest BCUT2D eigenvalue weighted by Crippen LogP contribution is 2.06. The number of rotatable bonds is 2. The molecule has 0 aromatic carbocycles. The number of allylic oxidation sites excluding steroid dienone is 5. The minimum Gasteiger partial charge on any atom is -0.550 e. The maximum atomic E-state index is 10.6. The van der Waals surface area contributed by atoms with Crippen molar-refractivity contribution >= 4 is 11.8 Å². The second kappa shape index (κ2) is 3.67. The Morgan fingerprint density at radius 3 is 2.42 bits per heavy atom. The van der Waals surface area contributed by atoms with E-state index < -0.39 is 5.97 Å². The van der Waals surface area contributed by atoms with E-state index in [-0.39, 0.29) is 12.2 Å². The van der Waals surface area contributed by atoms with Gasteiger partial charge in [-0.1, -0.05) is 18.2 Å². The maximum Gasteiger partial charge on any atom is 0.178 e. The average molecular weight is 163 g/mol. The van der Waals surface area contributed by atoms with Gasteiger partial charge < -0.3 is 9.90 Å². The molecule has 1 aliphatic carbocycles. The van der Waals surface area contributed by atoms with Crippen LogP contribution < -0.4 is 5.11 Å². The van der Waals surface area contributed by atoms with E-state index in [1.165, 1.54) is 18.2 Å². The molecule has 0 aromatic heterocycles. The van der Waals surface area contributed by atoms with E-state index in [1.54, 1.807) is 12.2 Å². The largest absolute Gasteiger partial charge is 0.550 e. The Bertz CT molecular complexity index is 277. The SMILES string of the molecule is O=C1C=CC(=CCC(=O)[O-])C=C1. The van der Waals surface area contributed by atoms with Gasteiger partial charge in [0, 0.05) is 12.4 Å². The molecule has 0 saturated carbocycles. The zero-order chi connectivity index (χ0) is 8.97. The van der Waals surface area contributed by atoms with Crippen LogP contribution in [0.15, 0.2) is 36.0 Å². The van der Waals surface area contributed by atoms with Gasteiger partial charge in [0.25, 0.3) is 0 Å². The summed E-state index contributed by atoms with van der Waals surface area (Å²) in [5.41, 5.74) is 0.721. The van der Waals surface area contributed by atoms with E-state index in [1.807, 2.05) is 0 Å². The summed E-state index contributed by atoms with van der Waals surface area (Å²) in [6.07, 6.45) is 7.30. The van der Waals surface area contributed by atoms with Crippen LogP contribution in [0.2, 0.25) is 0 Å². The second-order valence-electron chi connectivity index (χ2n) is 2.35. The summed E-state index contributed by atoms with van der Waals surface area (Å²) in [5, 5.41) is 10.0. The van der Waals surface area contributed by atoms with Crippen LogP contribution in [-0.2, 0) is 9.59 Å². The number of carboxylic acid groups (broad SMARTS) is 1. The molecule has 0 aliphatic heterocycles. The Hall–Kier alpha value is -1.64. The lowest BCUT2D eigenvalue weighted by molar-refractivity contribution is -0.304. The number of hydrogen-bond donors (Lipinski definition) is 0. The van der Waals surface area contributed by atoms with Gasteiger partial charge in [0.2, 0.25) is 0 Å². The first kappa shape index (κ1) is 8.46. The molecule has 0 unspecified atom stereocenters. The number of carboxylic acids is 1. The Balaban J connectivity index is 2.61. The van der Waals surface area contributed by atoms with Crippen molar-refractivity contribution in [1.82, 2.24) is 0 Å². The van der Waals surface area contributed by atoms with Gasteiger partial charge in [-0.05, 0) is 17.7 Å². The fourth-order valence-corrected chi connectivity index (χ4v) is 0.805. The Kier molecular flexibility index (Phi) is 2.58. The van der Waals surface area contributed by atoms with Crippen LogP contribution in [-0.4, -0.2) is 11.8 Å². The van der Waals surface area contributed by atoms with Gasteiger partial charge in [0.15, 0.2) is 5.78 Å². The van der Waals surface area contributed by atoms with Gasteiger partial charge >= 0.3 is 0 Å². The summed E-state index contributed by atoms with van der Waals surface area (Å²) in [5.74, 6) is -1.21. The van der Waals surface area contributed by atoms with Crippen molar-refractivity contribution in [2.24, 2.45) is 0 Å². The van der Waals surface area contributed by atoms with Crippen LogP contribution in [0.3, 0.4) is 0 Å². The van der Waals surface area contributed by atoms with E-state index >= 15 is 0 Å². The van der Waals surface area contributed by atoms with Crippen LogP contribution in [0.25, 0.3) is 0 Å². The molecule has 1 aliphatic rings. The topological polar surface area (TPSA) is 57.2 Å². The fraction of sp³-hybridized carbons (Fsp3) is 0.111. The van der Waals surface area contributed by atoms with E-state index in [2.05, 4.69) is 0 Å². The zero-order valence-electron chi connectivity index (χ0n) is 6.32. The molecule has 0 N–H and O–H groups in total. The molecule has 3 heteroatoms. The molecule has 62 valence electrons. The van der Waals surface area contributed by atoms with E-state index in [4.69, 9.17) is 0 Å². The quantitative estimate of drug-likeness (QED) is 0.564. The summed E-state index contributed by atoms with van der Waals surface area (Å²) in [6, 6.07) is 0. The van der Waals surface area contributed by atoms with Crippen molar-refractivity contribution in [3.8, 4) is 0 Å².